The summed E-state index contributed by atoms with van der Waals surface area (Å²) in [6.07, 6.45) is 0.0457. The molecule has 0 heterocycles. The summed E-state index contributed by atoms with van der Waals surface area (Å²) in [5.74, 6) is -0.592. The monoisotopic (exact) mass is 523 g/mol. The highest BCUT2D eigenvalue weighted by Gasteiger charge is 2.28. The van der Waals surface area contributed by atoms with Gasteiger partial charge in [-0.3, -0.25) is 4.79 Å². The second kappa shape index (κ2) is 10.5. The third kappa shape index (κ3) is 6.55. The zero-order valence-corrected chi connectivity index (χ0v) is 20.3. The fraction of sp³-hybridized carbons (Fsp3) is 0.136. The number of benzene rings is 3. The quantitative estimate of drug-likeness (QED) is 0.393. The van der Waals surface area contributed by atoms with Crippen LogP contribution in [-0.4, -0.2) is 35.9 Å². The molecule has 0 aliphatic rings. The van der Waals surface area contributed by atoms with Gasteiger partial charge in [0, 0.05) is 10.7 Å². The highest BCUT2D eigenvalue weighted by molar-refractivity contribution is 7.89. The van der Waals surface area contributed by atoms with Crippen LogP contribution in [0, 0.1) is 0 Å². The third-order valence-corrected chi connectivity index (χ3v) is 7.42. The van der Waals surface area contributed by atoms with E-state index in [-0.39, 0.29) is 32.7 Å². The molecular weight excluding hydrogens is 502 g/mol. The fourth-order valence-electron chi connectivity index (χ4n) is 3.11. The molecular formula is C22H22ClN3O6S2. The van der Waals surface area contributed by atoms with Gasteiger partial charge in [-0.15, -0.1) is 0 Å². The zero-order valence-electron chi connectivity index (χ0n) is 17.9. The molecule has 0 bridgehead atoms. The Morgan fingerprint density at radius 2 is 1.65 bits per heavy atom. The fourth-order valence-corrected chi connectivity index (χ4v) is 5.25. The van der Waals surface area contributed by atoms with E-state index in [1.807, 2.05) is 0 Å². The van der Waals surface area contributed by atoms with Crippen molar-refractivity contribution in [1.29, 1.82) is 0 Å². The van der Waals surface area contributed by atoms with E-state index in [2.05, 4.69) is 10.0 Å². The number of nitrogens with one attached hydrogen (secondary N) is 2. The first-order valence-corrected chi connectivity index (χ1v) is 13.2. The molecule has 34 heavy (non-hydrogen) atoms. The Morgan fingerprint density at radius 1 is 1.00 bits per heavy atom. The number of halogens is 1. The highest BCUT2D eigenvalue weighted by Crippen LogP contribution is 2.27. The molecule has 0 fully saturated rings. The molecule has 1 atom stereocenters. The number of ether oxygens (including phenoxy) is 1. The molecule has 0 aromatic heterocycles. The summed E-state index contributed by atoms with van der Waals surface area (Å²) >= 11 is 5.98. The van der Waals surface area contributed by atoms with Gasteiger partial charge in [0.1, 0.15) is 16.7 Å². The Kier molecular flexibility index (Phi) is 7.95. The van der Waals surface area contributed by atoms with Crippen molar-refractivity contribution < 1.29 is 26.4 Å². The first-order chi connectivity index (χ1) is 16.0. The summed E-state index contributed by atoms with van der Waals surface area (Å²) in [4.78, 5) is 12.7. The minimum atomic E-state index is -4.22. The Hall–Kier alpha value is -2.96. The molecule has 180 valence electrons. The first kappa shape index (κ1) is 25.7. The molecule has 3 aromatic carbocycles. The predicted molar refractivity (Wildman–Crippen MR) is 129 cm³/mol. The van der Waals surface area contributed by atoms with Crippen LogP contribution in [0.5, 0.6) is 5.75 Å². The molecule has 0 unspecified atom stereocenters. The van der Waals surface area contributed by atoms with Gasteiger partial charge in [0.05, 0.1) is 12.0 Å². The van der Waals surface area contributed by atoms with Gasteiger partial charge in [0.25, 0.3) is 0 Å². The van der Waals surface area contributed by atoms with Crippen molar-refractivity contribution in [2.45, 2.75) is 22.3 Å². The van der Waals surface area contributed by atoms with Crippen LogP contribution in [0.25, 0.3) is 0 Å². The van der Waals surface area contributed by atoms with Crippen LogP contribution in [0.15, 0.2) is 82.6 Å². The SMILES string of the molecule is COc1ccc(Cl)cc1S(=O)(=O)N[C@H](Cc1ccccc1)C(=O)Nc1ccc(S(N)(=O)=O)cc1. The lowest BCUT2D eigenvalue weighted by atomic mass is 10.1. The number of rotatable bonds is 9. The van der Waals surface area contributed by atoms with E-state index >= 15 is 0 Å². The van der Waals surface area contributed by atoms with Gasteiger partial charge in [-0.25, -0.2) is 22.0 Å². The second-order valence-corrected chi connectivity index (χ2v) is 10.9. The number of nitrogens with two attached hydrogens (primary N) is 1. The van der Waals surface area contributed by atoms with E-state index in [1.54, 1.807) is 30.3 Å². The van der Waals surface area contributed by atoms with Crippen molar-refractivity contribution in [2.24, 2.45) is 5.14 Å². The molecule has 9 nitrogen and oxygen atoms in total. The number of anilines is 1. The van der Waals surface area contributed by atoms with Crippen LogP contribution >= 0.6 is 11.6 Å². The summed E-state index contributed by atoms with van der Waals surface area (Å²) in [6, 6.07) is 16.9. The molecule has 1 amide bonds. The Morgan fingerprint density at radius 3 is 2.24 bits per heavy atom. The number of amides is 1. The van der Waals surface area contributed by atoms with Gasteiger partial charge < -0.3 is 10.1 Å². The number of hydrogen-bond donors (Lipinski definition) is 3. The van der Waals surface area contributed by atoms with Crippen LogP contribution in [0.1, 0.15) is 5.56 Å². The summed E-state index contributed by atoms with van der Waals surface area (Å²) in [6.45, 7) is 0. The van der Waals surface area contributed by atoms with Gasteiger partial charge in [0.15, 0.2) is 0 Å². The molecule has 3 rings (SSSR count). The van der Waals surface area contributed by atoms with E-state index in [0.29, 0.717) is 5.56 Å². The van der Waals surface area contributed by atoms with Crippen molar-refractivity contribution in [3.05, 3.63) is 83.4 Å². The summed E-state index contributed by atoms with van der Waals surface area (Å²) < 4.78 is 56.8. The number of hydrogen-bond acceptors (Lipinski definition) is 6. The van der Waals surface area contributed by atoms with Crippen LogP contribution < -0.4 is 19.9 Å². The Bertz CT molecular complexity index is 1380. The standard InChI is InChI=1S/C22H22ClN3O6S2/c1-32-20-12-7-16(23)14-21(20)34(30,31)26-19(13-15-5-3-2-4-6-15)22(27)25-17-8-10-18(11-9-17)33(24,28)29/h2-12,14,19,26H,13H2,1H3,(H,25,27)(H2,24,28,29)/t19-/m1/s1. The lowest BCUT2D eigenvalue weighted by Crippen LogP contribution is -2.45. The summed E-state index contributed by atoms with van der Waals surface area (Å²) in [5, 5.41) is 7.87. The maximum Gasteiger partial charge on any atom is 0.245 e. The maximum absolute atomic E-state index is 13.2. The van der Waals surface area contributed by atoms with Crippen LogP contribution in [0.3, 0.4) is 0 Å². The van der Waals surface area contributed by atoms with E-state index in [9.17, 15) is 21.6 Å². The van der Waals surface area contributed by atoms with Crippen molar-refractivity contribution >= 4 is 43.2 Å². The van der Waals surface area contributed by atoms with Crippen molar-refractivity contribution in [1.82, 2.24) is 4.72 Å². The van der Waals surface area contributed by atoms with Gasteiger partial charge in [-0.1, -0.05) is 41.9 Å². The van der Waals surface area contributed by atoms with Gasteiger partial charge in [0.2, 0.25) is 26.0 Å². The Balaban J connectivity index is 1.91. The molecule has 4 N–H and O–H groups in total. The van der Waals surface area contributed by atoms with Crippen LogP contribution in [-0.2, 0) is 31.3 Å². The molecule has 0 aliphatic carbocycles. The number of primary sulfonamides is 1. The number of carbonyl (C=O) groups is 1. The highest BCUT2D eigenvalue weighted by atomic mass is 35.5. The number of methoxy groups -OCH3 is 1. The lowest BCUT2D eigenvalue weighted by molar-refractivity contribution is -0.117. The topological polar surface area (TPSA) is 145 Å². The van der Waals surface area contributed by atoms with Crippen LogP contribution in [0.2, 0.25) is 5.02 Å². The predicted octanol–water partition coefficient (Wildman–Crippen LogP) is 2.52. The zero-order chi connectivity index (χ0) is 24.9. The van der Waals surface area contributed by atoms with Crippen molar-refractivity contribution in [3.63, 3.8) is 0 Å². The molecule has 3 aromatic rings. The van der Waals surface area contributed by atoms with E-state index < -0.39 is 32.0 Å². The smallest absolute Gasteiger partial charge is 0.245 e. The minimum Gasteiger partial charge on any atom is -0.495 e. The lowest BCUT2D eigenvalue weighted by Gasteiger charge is -2.20. The molecule has 0 spiro atoms. The summed E-state index contributed by atoms with van der Waals surface area (Å²) in [7, 11) is -6.80. The van der Waals surface area contributed by atoms with Crippen LogP contribution in [0.4, 0.5) is 5.69 Å². The molecule has 0 saturated heterocycles. The molecule has 0 aliphatic heterocycles. The summed E-state index contributed by atoms with van der Waals surface area (Å²) in [5.41, 5.74) is 0.975. The average Bonchev–Trinajstić information content (AvgIpc) is 2.79. The Labute approximate surface area is 203 Å². The first-order valence-electron chi connectivity index (χ1n) is 9.83. The number of carbonyl (C=O) groups excluding carboxylic acids is 1. The van der Waals surface area contributed by atoms with E-state index in [1.165, 1.54) is 49.6 Å². The molecule has 12 heteroatoms. The largest absolute Gasteiger partial charge is 0.495 e. The maximum atomic E-state index is 13.2. The van der Waals surface area contributed by atoms with Crippen molar-refractivity contribution in [2.75, 3.05) is 12.4 Å². The minimum absolute atomic E-state index is 0.0457. The second-order valence-electron chi connectivity index (χ2n) is 7.22. The van der Waals surface area contributed by atoms with E-state index in [4.69, 9.17) is 21.5 Å². The average molecular weight is 524 g/mol. The normalized spacial score (nSPS) is 12.7. The van der Waals surface area contributed by atoms with Gasteiger partial charge in [-0.05, 0) is 54.4 Å². The van der Waals surface area contributed by atoms with Gasteiger partial charge in [-0.2, -0.15) is 4.72 Å². The van der Waals surface area contributed by atoms with Gasteiger partial charge >= 0.3 is 0 Å². The molecule has 0 radical (unpaired) electrons. The third-order valence-electron chi connectivity index (χ3n) is 4.76. The van der Waals surface area contributed by atoms with E-state index in [0.717, 1.165) is 0 Å². The molecule has 0 saturated carbocycles. The van der Waals surface area contributed by atoms with Crippen molar-refractivity contribution in [3.8, 4) is 5.75 Å². The number of sulfonamides is 2.